The van der Waals surface area contributed by atoms with Gasteiger partial charge in [0.1, 0.15) is 34.2 Å². The number of para-hydroxylation sites is 1. The first kappa shape index (κ1) is 28.1. The van der Waals surface area contributed by atoms with E-state index in [0.717, 1.165) is 39.3 Å². The van der Waals surface area contributed by atoms with Crippen LogP contribution in [-0.2, 0) is 6.42 Å². The molecule has 4 aromatic carbocycles. The third kappa shape index (κ3) is 6.33. The van der Waals surface area contributed by atoms with Gasteiger partial charge in [0, 0.05) is 43.9 Å². The van der Waals surface area contributed by atoms with Crippen LogP contribution >= 0.6 is 0 Å². The largest absolute Gasteiger partial charge is 0.457 e. The fourth-order valence-corrected chi connectivity index (χ4v) is 5.54. The Morgan fingerprint density at radius 3 is 2.33 bits per heavy atom. The highest BCUT2D eigenvalue weighted by atomic mass is 16.5. The number of piperazine rings is 1. The first-order chi connectivity index (χ1) is 22.1. The lowest BCUT2D eigenvalue weighted by Gasteiger charge is -2.35. The van der Waals surface area contributed by atoms with E-state index in [1.807, 2.05) is 109 Å². The van der Waals surface area contributed by atoms with Crippen LogP contribution in [0.4, 0.5) is 16.3 Å². The summed E-state index contributed by atoms with van der Waals surface area (Å²) in [6.07, 6.45) is 0.555. The number of nitrogens with zero attached hydrogens (tertiary/aromatic N) is 5. The Morgan fingerprint density at radius 1 is 0.822 bits per heavy atom. The molecular formula is C36H32N6O3. The quantitative estimate of drug-likeness (QED) is 0.206. The summed E-state index contributed by atoms with van der Waals surface area (Å²) in [6, 6.07) is 35.3. The van der Waals surface area contributed by atoms with E-state index in [-0.39, 0.29) is 6.03 Å². The van der Waals surface area contributed by atoms with Crippen molar-refractivity contribution in [3.8, 4) is 22.8 Å². The molecule has 3 heterocycles. The summed E-state index contributed by atoms with van der Waals surface area (Å²) in [6.45, 7) is 4.28. The third-order valence-corrected chi connectivity index (χ3v) is 7.79. The van der Waals surface area contributed by atoms with Crippen molar-refractivity contribution in [2.24, 2.45) is 0 Å². The Kier molecular flexibility index (Phi) is 7.80. The van der Waals surface area contributed by atoms with Crippen LogP contribution in [0.1, 0.15) is 17.0 Å². The van der Waals surface area contributed by atoms with Crippen molar-refractivity contribution in [3.05, 3.63) is 126 Å². The molecule has 6 aromatic rings. The van der Waals surface area contributed by atoms with Crippen molar-refractivity contribution in [3.63, 3.8) is 0 Å². The predicted molar refractivity (Wildman–Crippen MR) is 175 cm³/mol. The molecule has 0 saturated carbocycles. The van der Waals surface area contributed by atoms with Gasteiger partial charge in [-0.15, -0.1) is 0 Å². The molecule has 1 aliphatic heterocycles. The number of nitrogens with one attached hydrogen (secondary N) is 1. The highest BCUT2D eigenvalue weighted by Gasteiger charge is 2.27. The second-order valence-electron chi connectivity index (χ2n) is 11.1. The lowest BCUT2D eigenvalue weighted by molar-refractivity contribution is 0.208. The molecule has 7 rings (SSSR count). The Balaban J connectivity index is 1.19. The van der Waals surface area contributed by atoms with Gasteiger partial charge >= 0.3 is 6.03 Å². The Morgan fingerprint density at radius 2 is 1.56 bits per heavy atom. The summed E-state index contributed by atoms with van der Waals surface area (Å²) in [7, 11) is 0. The number of aryl methyl sites for hydroxylation is 1. The molecule has 45 heavy (non-hydrogen) atoms. The predicted octanol–water partition coefficient (Wildman–Crippen LogP) is 7.33. The van der Waals surface area contributed by atoms with Gasteiger partial charge in [-0.2, -0.15) is 4.98 Å². The van der Waals surface area contributed by atoms with E-state index in [4.69, 9.17) is 19.2 Å². The molecule has 9 heteroatoms. The molecule has 0 aliphatic carbocycles. The fraction of sp³-hybridized carbons (Fsp3) is 0.167. The van der Waals surface area contributed by atoms with Crippen LogP contribution in [-0.4, -0.2) is 52.2 Å². The van der Waals surface area contributed by atoms with Crippen LogP contribution in [0.2, 0.25) is 0 Å². The number of benzene rings is 4. The van der Waals surface area contributed by atoms with Crippen LogP contribution in [0.15, 0.2) is 114 Å². The van der Waals surface area contributed by atoms with Crippen molar-refractivity contribution < 1.29 is 14.1 Å². The number of rotatable bonds is 7. The molecule has 1 fully saturated rings. The van der Waals surface area contributed by atoms with E-state index >= 15 is 0 Å². The molecule has 0 unspecified atom stereocenters. The van der Waals surface area contributed by atoms with Crippen LogP contribution in [0.25, 0.3) is 22.4 Å². The van der Waals surface area contributed by atoms with Crippen LogP contribution < -0.4 is 15.0 Å². The summed E-state index contributed by atoms with van der Waals surface area (Å²) in [5, 5.41) is 8.25. The fourth-order valence-electron chi connectivity index (χ4n) is 5.54. The van der Waals surface area contributed by atoms with Gasteiger partial charge in [-0.1, -0.05) is 78.0 Å². The molecule has 0 atom stereocenters. The monoisotopic (exact) mass is 596 g/mol. The number of hydrogen-bond acceptors (Lipinski definition) is 7. The second-order valence-corrected chi connectivity index (χ2v) is 11.1. The molecule has 2 aromatic heterocycles. The molecule has 0 radical (unpaired) electrons. The molecule has 1 N–H and O–H groups in total. The summed E-state index contributed by atoms with van der Waals surface area (Å²) < 4.78 is 12.0. The zero-order valence-corrected chi connectivity index (χ0v) is 24.9. The number of aromatic nitrogens is 3. The highest BCUT2D eigenvalue weighted by Crippen LogP contribution is 2.36. The first-order valence-corrected chi connectivity index (χ1v) is 15.0. The van der Waals surface area contributed by atoms with Crippen molar-refractivity contribution in [1.82, 2.24) is 20.0 Å². The standard InChI is InChI=1S/C36H32N6O3/c1-25-10-8-14-28(22-25)37-36(43)42-20-18-41(19-21-42)34-32-33(27-13-9-17-30(24-27)44-29-15-6-3-7-16-29)40-45-35(32)39-31(38-34)23-26-11-4-2-5-12-26/h2-17,22,24H,18-21,23H2,1H3,(H,37,43). The van der Waals surface area contributed by atoms with Crippen LogP contribution in [0.3, 0.4) is 0 Å². The normalized spacial score (nSPS) is 13.2. The SMILES string of the molecule is Cc1cccc(NC(=O)N2CCN(c3nc(Cc4ccccc4)nc4onc(-c5cccc(Oc6ccccc6)c5)c34)CC2)c1. The summed E-state index contributed by atoms with van der Waals surface area (Å²) in [4.78, 5) is 27.0. The first-order valence-electron chi connectivity index (χ1n) is 15.0. The van der Waals surface area contributed by atoms with Gasteiger partial charge in [-0.05, 0) is 54.4 Å². The van der Waals surface area contributed by atoms with E-state index in [1.54, 1.807) is 0 Å². The molecule has 224 valence electrons. The van der Waals surface area contributed by atoms with Crippen LogP contribution in [0, 0.1) is 6.92 Å². The number of ether oxygens (including phenoxy) is 1. The van der Waals surface area contributed by atoms with Crippen LogP contribution in [0.5, 0.6) is 11.5 Å². The van der Waals surface area contributed by atoms with E-state index in [9.17, 15) is 4.79 Å². The highest BCUT2D eigenvalue weighted by molar-refractivity contribution is 5.98. The molecule has 9 nitrogen and oxygen atoms in total. The number of fused-ring (bicyclic) bond motifs is 1. The minimum atomic E-state index is -0.112. The number of anilines is 2. The van der Waals surface area contributed by atoms with E-state index < -0.39 is 0 Å². The number of amides is 2. The van der Waals surface area contributed by atoms with Gasteiger partial charge < -0.3 is 24.4 Å². The van der Waals surface area contributed by atoms with E-state index in [2.05, 4.69) is 27.5 Å². The van der Waals surface area contributed by atoms with Crippen molar-refractivity contribution in [1.29, 1.82) is 0 Å². The molecule has 0 bridgehead atoms. The second kappa shape index (κ2) is 12.5. The van der Waals surface area contributed by atoms with Gasteiger partial charge in [0.25, 0.3) is 5.71 Å². The van der Waals surface area contributed by atoms with E-state index in [0.29, 0.717) is 55.6 Å². The number of carbonyl (C=O) groups is 1. The molecule has 1 saturated heterocycles. The Bertz CT molecular complexity index is 1940. The molecule has 1 aliphatic rings. The lowest BCUT2D eigenvalue weighted by Crippen LogP contribution is -2.50. The van der Waals surface area contributed by atoms with Gasteiger partial charge in [0.05, 0.1) is 0 Å². The maximum Gasteiger partial charge on any atom is 0.321 e. The molecular weight excluding hydrogens is 564 g/mol. The number of carbonyl (C=O) groups excluding carboxylic acids is 1. The zero-order valence-electron chi connectivity index (χ0n) is 24.9. The maximum atomic E-state index is 13.1. The summed E-state index contributed by atoms with van der Waals surface area (Å²) >= 11 is 0. The van der Waals surface area contributed by atoms with Gasteiger partial charge in [0.2, 0.25) is 0 Å². The van der Waals surface area contributed by atoms with E-state index in [1.165, 1.54) is 0 Å². The number of hydrogen-bond donors (Lipinski definition) is 1. The zero-order chi connectivity index (χ0) is 30.6. The smallest absolute Gasteiger partial charge is 0.321 e. The van der Waals surface area contributed by atoms with Crippen molar-refractivity contribution in [2.45, 2.75) is 13.3 Å². The minimum absolute atomic E-state index is 0.112. The number of urea groups is 1. The minimum Gasteiger partial charge on any atom is -0.457 e. The molecule has 2 amide bonds. The summed E-state index contributed by atoms with van der Waals surface area (Å²) in [5.74, 6) is 2.83. The van der Waals surface area contributed by atoms with Crippen molar-refractivity contribution >= 4 is 28.6 Å². The van der Waals surface area contributed by atoms with Gasteiger partial charge in [0.15, 0.2) is 0 Å². The summed E-state index contributed by atoms with van der Waals surface area (Å²) in [5.41, 5.74) is 4.89. The Labute approximate surface area is 261 Å². The lowest BCUT2D eigenvalue weighted by atomic mass is 10.1. The maximum absolute atomic E-state index is 13.1. The van der Waals surface area contributed by atoms with Gasteiger partial charge in [-0.25, -0.2) is 9.78 Å². The average Bonchev–Trinajstić information content (AvgIpc) is 3.50. The van der Waals surface area contributed by atoms with Gasteiger partial charge in [-0.3, -0.25) is 0 Å². The molecule has 0 spiro atoms. The topological polar surface area (TPSA) is 96.6 Å². The third-order valence-electron chi connectivity index (χ3n) is 7.79. The van der Waals surface area contributed by atoms with Crippen molar-refractivity contribution in [2.75, 3.05) is 36.4 Å². The Hall–Kier alpha value is -5.70. The average molecular weight is 597 g/mol.